The minimum atomic E-state index is -0.160. The molecule has 0 atom stereocenters. The van der Waals surface area contributed by atoms with Gasteiger partial charge in [-0.15, -0.1) is 0 Å². The Morgan fingerprint density at radius 2 is 2.33 bits per heavy atom. The van der Waals surface area contributed by atoms with Gasteiger partial charge in [-0.2, -0.15) is 5.10 Å². The maximum atomic E-state index is 11.2. The largest absolute Gasteiger partial charge is 0.330 e. The Balaban J connectivity index is 2.36. The third-order valence-corrected chi connectivity index (χ3v) is 3.63. The zero-order valence-corrected chi connectivity index (χ0v) is 11.1. The molecule has 0 aliphatic heterocycles. The minimum absolute atomic E-state index is 0.160. The van der Waals surface area contributed by atoms with Crippen molar-refractivity contribution in [1.29, 1.82) is 0 Å². The number of aromatic nitrogens is 4. The van der Waals surface area contributed by atoms with Gasteiger partial charge < -0.3 is 10.7 Å². The van der Waals surface area contributed by atoms with Crippen LogP contribution < -0.4 is 11.3 Å². The predicted molar refractivity (Wildman–Crippen MR) is 69.7 cm³/mol. The van der Waals surface area contributed by atoms with Crippen LogP contribution in [0.1, 0.15) is 11.3 Å². The number of nitrogens with two attached hydrogens (primary N) is 1. The molecule has 0 fully saturated rings. The third kappa shape index (κ3) is 2.62. The first-order valence-corrected chi connectivity index (χ1v) is 6.39. The maximum Gasteiger partial charge on any atom is 0.251 e. The first-order chi connectivity index (χ1) is 8.61. The van der Waals surface area contributed by atoms with Gasteiger partial charge in [0.25, 0.3) is 5.56 Å². The Kier molecular flexibility index (Phi) is 3.83. The lowest BCUT2D eigenvalue weighted by atomic mass is 10.2. The van der Waals surface area contributed by atoms with Gasteiger partial charge in [-0.1, -0.05) is 0 Å². The second-order valence-corrected chi connectivity index (χ2v) is 4.85. The molecule has 0 saturated heterocycles. The lowest BCUT2D eigenvalue weighted by Gasteiger charge is -2.04. The van der Waals surface area contributed by atoms with Crippen molar-refractivity contribution in [2.45, 2.75) is 23.5 Å². The molecule has 0 bridgehead atoms. The summed E-state index contributed by atoms with van der Waals surface area (Å²) in [7, 11) is 1.87. The zero-order chi connectivity index (χ0) is 13.1. The van der Waals surface area contributed by atoms with Crippen LogP contribution in [0.2, 0.25) is 0 Å². The number of nitrogens with one attached hydrogen (secondary N) is 1. The molecule has 96 valence electrons. The summed E-state index contributed by atoms with van der Waals surface area (Å²) in [6, 6.07) is 1.39. The lowest BCUT2D eigenvalue weighted by molar-refractivity contribution is 0.686. The highest BCUT2D eigenvalue weighted by atomic mass is 32.2. The number of hydrogen-bond donors (Lipinski definition) is 2. The zero-order valence-electron chi connectivity index (χ0n) is 10.3. The summed E-state index contributed by atoms with van der Waals surface area (Å²) in [5.74, 6) is 0. The van der Waals surface area contributed by atoms with E-state index in [1.165, 1.54) is 24.0 Å². The van der Waals surface area contributed by atoms with Crippen molar-refractivity contribution in [3.05, 3.63) is 33.9 Å². The fraction of sp³-hybridized carbons (Fsp3) is 0.364. The molecule has 3 N–H and O–H groups in total. The minimum Gasteiger partial charge on any atom is -0.330 e. The van der Waals surface area contributed by atoms with E-state index < -0.39 is 0 Å². The summed E-state index contributed by atoms with van der Waals surface area (Å²) in [4.78, 5) is 18.0. The molecular weight excluding hydrogens is 250 g/mol. The SMILES string of the molecule is Cc1nn(C)c(Sc2nccc(=O)[nH]2)c1CCN. The van der Waals surface area contributed by atoms with Crippen molar-refractivity contribution in [2.75, 3.05) is 6.54 Å². The highest BCUT2D eigenvalue weighted by Crippen LogP contribution is 2.28. The summed E-state index contributed by atoms with van der Waals surface area (Å²) in [5.41, 5.74) is 7.51. The van der Waals surface area contributed by atoms with E-state index in [0.717, 1.165) is 22.7 Å². The Labute approximate surface area is 109 Å². The highest BCUT2D eigenvalue weighted by molar-refractivity contribution is 7.99. The van der Waals surface area contributed by atoms with Crippen LogP contribution in [0.3, 0.4) is 0 Å². The van der Waals surface area contributed by atoms with Gasteiger partial charge in [0.05, 0.1) is 5.69 Å². The quantitative estimate of drug-likeness (QED) is 0.784. The Morgan fingerprint density at radius 1 is 1.56 bits per heavy atom. The van der Waals surface area contributed by atoms with E-state index in [9.17, 15) is 4.79 Å². The van der Waals surface area contributed by atoms with Gasteiger partial charge in [0.1, 0.15) is 5.03 Å². The normalized spacial score (nSPS) is 10.8. The van der Waals surface area contributed by atoms with Crippen LogP contribution in [0.15, 0.2) is 27.2 Å². The molecule has 0 saturated carbocycles. The molecule has 6 nitrogen and oxygen atoms in total. The summed E-state index contributed by atoms with van der Waals surface area (Å²) >= 11 is 1.39. The summed E-state index contributed by atoms with van der Waals surface area (Å²) in [5, 5.41) is 5.89. The molecule has 2 rings (SSSR count). The van der Waals surface area contributed by atoms with Gasteiger partial charge in [-0.05, 0) is 31.7 Å². The van der Waals surface area contributed by atoms with Crippen LogP contribution in [0, 0.1) is 6.92 Å². The molecule has 2 heterocycles. The van der Waals surface area contributed by atoms with Crippen LogP contribution in [0.25, 0.3) is 0 Å². The van der Waals surface area contributed by atoms with Crippen molar-refractivity contribution >= 4 is 11.8 Å². The molecule has 0 unspecified atom stereocenters. The van der Waals surface area contributed by atoms with Gasteiger partial charge in [0, 0.05) is 24.9 Å². The first-order valence-electron chi connectivity index (χ1n) is 5.57. The summed E-state index contributed by atoms with van der Waals surface area (Å²) < 4.78 is 1.79. The molecule has 0 spiro atoms. The van der Waals surface area contributed by atoms with Gasteiger partial charge >= 0.3 is 0 Å². The fourth-order valence-electron chi connectivity index (χ4n) is 1.74. The molecule has 2 aromatic heterocycles. The van der Waals surface area contributed by atoms with Gasteiger partial charge in [0.2, 0.25) is 0 Å². The van der Waals surface area contributed by atoms with Gasteiger partial charge in [-0.3, -0.25) is 9.48 Å². The van der Waals surface area contributed by atoms with E-state index in [1.807, 2.05) is 14.0 Å². The number of hydrogen-bond acceptors (Lipinski definition) is 5. The van der Waals surface area contributed by atoms with E-state index >= 15 is 0 Å². The molecule has 7 heteroatoms. The number of rotatable bonds is 4. The predicted octanol–water partition coefficient (Wildman–Crippen LogP) is 0.464. The van der Waals surface area contributed by atoms with Crippen molar-refractivity contribution < 1.29 is 0 Å². The first kappa shape index (κ1) is 12.8. The number of aryl methyl sites for hydroxylation is 2. The fourth-order valence-corrected chi connectivity index (χ4v) is 2.73. The molecular formula is C11H15N5OS. The molecule has 0 amide bonds. The molecule has 0 radical (unpaired) electrons. The number of H-pyrrole nitrogens is 1. The van der Waals surface area contributed by atoms with E-state index in [2.05, 4.69) is 15.1 Å². The average Bonchev–Trinajstić information content (AvgIpc) is 2.57. The summed E-state index contributed by atoms with van der Waals surface area (Å²) in [6.45, 7) is 2.52. The highest BCUT2D eigenvalue weighted by Gasteiger charge is 2.14. The van der Waals surface area contributed by atoms with Crippen LogP contribution in [0.4, 0.5) is 0 Å². The number of nitrogens with zero attached hydrogens (tertiary/aromatic N) is 3. The molecule has 0 aromatic carbocycles. The van der Waals surface area contributed by atoms with Crippen LogP contribution >= 0.6 is 11.8 Å². The topological polar surface area (TPSA) is 89.6 Å². The molecule has 0 aliphatic carbocycles. The monoisotopic (exact) mass is 265 g/mol. The second-order valence-electron chi connectivity index (χ2n) is 3.87. The van der Waals surface area contributed by atoms with E-state index in [4.69, 9.17) is 5.73 Å². The molecule has 18 heavy (non-hydrogen) atoms. The smallest absolute Gasteiger partial charge is 0.251 e. The maximum absolute atomic E-state index is 11.2. The van der Waals surface area contributed by atoms with Crippen molar-refractivity contribution in [3.8, 4) is 0 Å². The third-order valence-electron chi connectivity index (χ3n) is 2.52. The Morgan fingerprint density at radius 3 is 3.00 bits per heavy atom. The molecule has 0 aliphatic rings. The van der Waals surface area contributed by atoms with Crippen LogP contribution in [-0.4, -0.2) is 26.3 Å². The lowest BCUT2D eigenvalue weighted by Crippen LogP contribution is -2.07. The van der Waals surface area contributed by atoms with E-state index in [1.54, 1.807) is 4.68 Å². The van der Waals surface area contributed by atoms with E-state index in [-0.39, 0.29) is 5.56 Å². The second kappa shape index (κ2) is 5.36. The standard InChI is InChI=1S/C11H15N5OS/c1-7-8(3-5-12)10(16(2)15-7)18-11-13-6-4-9(17)14-11/h4,6H,3,5,12H2,1-2H3,(H,13,14,17). The van der Waals surface area contributed by atoms with Crippen molar-refractivity contribution in [3.63, 3.8) is 0 Å². The number of aromatic amines is 1. The van der Waals surface area contributed by atoms with Crippen molar-refractivity contribution in [2.24, 2.45) is 12.8 Å². The molecule has 2 aromatic rings. The van der Waals surface area contributed by atoms with Gasteiger partial charge in [0.15, 0.2) is 5.16 Å². The van der Waals surface area contributed by atoms with E-state index in [0.29, 0.717) is 11.7 Å². The average molecular weight is 265 g/mol. The van der Waals surface area contributed by atoms with Gasteiger partial charge in [-0.25, -0.2) is 4.98 Å². The Bertz CT molecular complexity index is 604. The summed E-state index contributed by atoms with van der Waals surface area (Å²) in [6.07, 6.45) is 2.26. The van der Waals surface area contributed by atoms with Crippen LogP contribution in [0.5, 0.6) is 0 Å². The van der Waals surface area contributed by atoms with Crippen molar-refractivity contribution in [1.82, 2.24) is 19.7 Å². The Hall–Kier alpha value is -1.60. The van der Waals surface area contributed by atoms with Crippen LogP contribution in [-0.2, 0) is 13.5 Å².